The van der Waals surface area contributed by atoms with Gasteiger partial charge in [-0.05, 0) is 64.4 Å². The van der Waals surface area contributed by atoms with Gasteiger partial charge in [0.2, 0.25) is 11.8 Å². The lowest BCUT2D eigenvalue weighted by Gasteiger charge is -2.33. The molecular weight excluding hydrogens is 636 g/mol. The second-order valence-electron chi connectivity index (χ2n) is 12.8. The smallest absolute Gasteiger partial charge is 0.435 e. The largest absolute Gasteiger partial charge is 0.449 e. The van der Waals surface area contributed by atoms with E-state index in [1.165, 1.54) is 15.9 Å². The van der Waals surface area contributed by atoms with Crippen molar-refractivity contribution in [3.63, 3.8) is 0 Å². The van der Waals surface area contributed by atoms with E-state index in [1.54, 1.807) is 63.9 Å². The van der Waals surface area contributed by atoms with Gasteiger partial charge in [-0.3, -0.25) is 14.5 Å². The van der Waals surface area contributed by atoms with Crippen molar-refractivity contribution >= 4 is 67.1 Å². The predicted octanol–water partition coefficient (Wildman–Crippen LogP) is 6.32. The van der Waals surface area contributed by atoms with Gasteiger partial charge in [0.05, 0.1) is 47.3 Å². The van der Waals surface area contributed by atoms with E-state index in [9.17, 15) is 19.2 Å². The number of benzene rings is 1. The maximum absolute atomic E-state index is 13.8. The van der Waals surface area contributed by atoms with Gasteiger partial charge in [-0.25, -0.2) is 14.2 Å². The van der Waals surface area contributed by atoms with Crippen molar-refractivity contribution in [1.82, 2.24) is 19.2 Å². The lowest BCUT2D eigenvalue weighted by molar-refractivity contribution is -0.124. The highest BCUT2D eigenvalue weighted by molar-refractivity contribution is 7.23. The van der Waals surface area contributed by atoms with Crippen LogP contribution in [0.5, 0.6) is 0 Å². The summed E-state index contributed by atoms with van der Waals surface area (Å²) >= 11 is 1.37. The minimum absolute atomic E-state index is 0.0637. The van der Waals surface area contributed by atoms with Crippen LogP contribution in [0.3, 0.4) is 0 Å². The van der Waals surface area contributed by atoms with Crippen LogP contribution < -0.4 is 10.2 Å². The van der Waals surface area contributed by atoms with E-state index in [-0.39, 0.29) is 30.9 Å². The van der Waals surface area contributed by atoms with Crippen molar-refractivity contribution in [1.29, 1.82) is 0 Å². The van der Waals surface area contributed by atoms with Crippen molar-refractivity contribution in [3.8, 4) is 11.4 Å². The lowest BCUT2D eigenvalue weighted by Crippen LogP contribution is -2.50. The minimum atomic E-state index is -0.797. The fourth-order valence-corrected chi connectivity index (χ4v) is 6.52. The average molecular weight is 681 g/mol. The Morgan fingerprint density at radius 3 is 2.46 bits per heavy atom. The first-order valence-electron chi connectivity index (χ1n) is 16.3. The highest BCUT2D eigenvalue weighted by atomic mass is 32.1. The number of unbranched alkanes of at least 4 members (excludes halogenated alkanes) is 1. The van der Waals surface area contributed by atoms with Crippen LogP contribution in [-0.2, 0) is 23.8 Å². The molecule has 2 amide bonds. The van der Waals surface area contributed by atoms with Gasteiger partial charge < -0.3 is 24.4 Å². The molecule has 0 aliphatic carbocycles. The van der Waals surface area contributed by atoms with Crippen molar-refractivity contribution in [2.75, 3.05) is 50.2 Å². The lowest BCUT2D eigenvalue weighted by atomic mass is 10.1. The number of ether oxygens (including phenoxy) is 3. The Balaban J connectivity index is 1.61. The van der Waals surface area contributed by atoms with Crippen molar-refractivity contribution in [2.24, 2.45) is 0 Å². The van der Waals surface area contributed by atoms with Crippen molar-refractivity contribution in [2.45, 2.75) is 72.4 Å². The number of morpholine rings is 1. The number of thiophene rings is 1. The van der Waals surface area contributed by atoms with Gasteiger partial charge in [0, 0.05) is 37.6 Å². The first kappa shape index (κ1) is 35.0. The maximum atomic E-state index is 13.8. The fourth-order valence-electron chi connectivity index (χ4n) is 5.47. The normalized spacial score (nSPS) is 14.6. The topological polar surface area (TPSA) is 137 Å². The summed E-state index contributed by atoms with van der Waals surface area (Å²) in [7, 11) is 1.74. The van der Waals surface area contributed by atoms with Gasteiger partial charge in [-0.15, -0.1) is 11.3 Å². The highest BCUT2D eigenvalue weighted by Gasteiger charge is 2.30. The summed E-state index contributed by atoms with van der Waals surface area (Å²) in [5.74, 6) is -0.244. The molecule has 14 heteroatoms. The Bertz CT molecular complexity index is 1830. The molecule has 5 rings (SSSR count). The monoisotopic (exact) mass is 680 g/mol. The second-order valence-corrected chi connectivity index (χ2v) is 13.8. The summed E-state index contributed by atoms with van der Waals surface area (Å²) in [5, 5.41) is 8.75. The molecule has 0 saturated carbocycles. The summed E-state index contributed by atoms with van der Waals surface area (Å²) in [5.41, 5.74) is 1.41. The number of aromatic nitrogens is 3. The summed E-state index contributed by atoms with van der Waals surface area (Å²) in [6.45, 7) is 13.7. The first-order chi connectivity index (χ1) is 22.8. The zero-order valence-corrected chi connectivity index (χ0v) is 29.4. The zero-order valence-electron chi connectivity index (χ0n) is 28.6. The molecule has 1 N–H and O–H groups in total. The van der Waals surface area contributed by atoms with E-state index in [4.69, 9.17) is 14.2 Å². The number of rotatable bonds is 9. The summed E-state index contributed by atoms with van der Waals surface area (Å²) in [4.78, 5) is 56.6. The minimum Gasteiger partial charge on any atom is -0.449 e. The first-order valence-corrected chi connectivity index (χ1v) is 17.1. The second kappa shape index (κ2) is 14.5. The number of nitrogens with zero attached hydrogens (tertiary/aromatic N) is 5. The van der Waals surface area contributed by atoms with Crippen LogP contribution in [0.15, 0.2) is 30.3 Å². The Morgan fingerprint density at radius 1 is 1.06 bits per heavy atom. The average Bonchev–Trinajstić information content (AvgIpc) is 3.74. The Labute approximate surface area is 283 Å². The molecule has 4 heterocycles. The molecule has 3 aromatic heterocycles. The number of carbonyl (C=O) groups is 4. The highest BCUT2D eigenvalue weighted by Crippen LogP contribution is 2.40. The fraction of sp³-hybridized carbons (Fsp3) is 0.500. The molecule has 13 nitrogen and oxygen atoms in total. The molecular formula is C34H44N6O7S. The third kappa shape index (κ3) is 7.40. The molecule has 1 fully saturated rings. The number of fused-ring (bicyclic) bond motifs is 2. The SMILES string of the molecule is CCCCOC(=O)n1c(-c2nn(C(=O)OC(C)(C)C)c3cc(NC(=O)CC)ccc23)cc2sc(N(C)C(=O)C(C)N3CCOCC3)cc21. The molecule has 4 aromatic rings. The summed E-state index contributed by atoms with van der Waals surface area (Å²) < 4.78 is 20.1. The van der Waals surface area contributed by atoms with Gasteiger partial charge >= 0.3 is 12.2 Å². The van der Waals surface area contributed by atoms with Crippen LogP contribution in [0.25, 0.3) is 32.5 Å². The molecule has 0 radical (unpaired) electrons. The van der Waals surface area contributed by atoms with Gasteiger partial charge in [0.15, 0.2) is 0 Å². The standard InChI is InChI=1S/C34H44N6O7S/c1-8-10-15-46-32(43)39-25-20-29(37(7)31(42)21(3)38-13-16-45-17-14-38)48-27(25)19-26(39)30-23-12-11-22(35-28(41)9-2)18-24(23)40(36-30)33(44)47-34(4,5)6/h11-12,18-21H,8-10,13-17H2,1-7H3,(H,35,41). The van der Waals surface area contributed by atoms with E-state index in [1.807, 2.05) is 19.9 Å². The van der Waals surface area contributed by atoms with Crippen LogP contribution in [0.4, 0.5) is 20.3 Å². The molecule has 258 valence electrons. The number of carbonyl (C=O) groups excluding carboxylic acids is 4. The van der Waals surface area contributed by atoms with Crippen LogP contribution >= 0.6 is 11.3 Å². The van der Waals surface area contributed by atoms with Crippen LogP contribution in [0, 0.1) is 0 Å². The molecule has 0 bridgehead atoms. The number of likely N-dealkylation sites (N-methyl/N-ethyl adjacent to an activating group) is 1. The van der Waals surface area contributed by atoms with Gasteiger partial charge in [-0.2, -0.15) is 9.78 Å². The van der Waals surface area contributed by atoms with Crippen molar-refractivity contribution < 1.29 is 33.4 Å². The molecule has 0 spiro atoms. The van der Waals surface area contributed by atoms with Crippen LogP contribution in [-0.4, -0.2) is 94.8 Å². The quantitative estimate of drug-likeness (QED) is 0.201. The third-order valence-electron chi connectivity index (χ3n) is 8.09. The Morgan fingerprint density at radius 2 is 1.79 bits per heavy atom. The number of anilines is 2. The number of nitrogens with one attached hydrogen (secondary N) is 1. The summed E-state index contributed by atoms with van der Waals surface area (Å²) in [6, 6.07) is 8.42. The molecule has 1 saturated heterocycles. The van der Waals surface area contributed by atoms with Gasteiger partial charge in [-0.1, -0.05) is 20.3 Å². The number of hydrogen-bond donors (Lipinski definition) is 1. The molecule has 1 unspecified atom stereocenters. The van der Waals surface area contributed by atoms with Gasteiger partial charge in [0.1, 0.15) is 16.3 Å². The van der Waals surface area contributed by atoms with E-state index in [0.717, 1.165) is 15.8 Å². The van der Waals surface area contributed by atoms with Crippen LogP contribution in [0.2, 0.25) is 0 Å². The molecule has 1 aromatic carbocycles. The molecule has 48 heavy (non-hydrogen) atoms. The summed E-state index contributed by atoms with van der Waals surface area (Å²) in [6.07, 6.45) is 0.521. The van der Waals surface area contributed by atoms with E-state index in [2.05, 4.69) is 15.3 Å². The van der Waals surface area contributed by atoms with Crippen molar-refractivity contribution in [3.05, 3.63) is 30.3 Å². The Kier molecular flexibility index (Phi) is 10.6. The van der Waals surface area contributed by atoms with Crippen LogP contribution in [0.1, 0.15) is 60.8 Å². The maximum Gasteiger partial charge on any atom is 0.435 e. The molecule has 1 atom stereocenters. The third-order valence-corrected chi connectivity index (χ3v) is 9.24. The number of amides is 2. The molecule has 1 aliphatic rings. The van der Waals surface area contributed by atoms with E-state index >= 15 is 0 Å². The van der Waals surface area contributed by atoms with Gasteiger partial charge in [0.25, 0.3) is 0 Å². The van der Waals surface area contributed by atoms with E-state index in [0.29, 0.717) is 71.2 Å². The Hall–Kier alpha value is -4.27. The predicted molar refractivity (Wildman–Crippen MR) is 186 cm³/mol. The number of hydrogen-bond acceptors (Lipinski definition) is 10. The molecule has 1 aliphatic heterocycles. The van der Waals surface area contributed by atoms with E-state index < -0.39 is 17.8 Å². The zero-order chi connectivity index (χ0) is 34.7.